The van der Waals surface area contributed by atoms with E-state index in [2.05, 4.69) is 19.9 Å². The van der Waals surface area contributed by atoms with Crippen molar-refractivity contribution in [1.29, 1.82) is 0 Å². The molecule has 2 unspecified atom stereocenters. The van der Waals surface area contributed by atoms with Gasteiger partial charge in [0.2, 0.25) is 0 Å². The fraction of sp³-hybridized carbons (Fsp3) is 0.700. The first-order valence-electron chi connectivity index (χ1n) is 4.36. The molecule has 1 heteroatoms. The molecule has 1 aliphatic carbocycles. The van der Waals surface area contributed by atoms with Gasteiger partial charge in [0, 0.05) is 6.42 Å². The lowest BCUT2D eigenvalue weighted by atomic mass is 9.80. The van der Waals surface area contributed by atoms with Crippen molar-refractivity contribution in [3.63, 3.8) is 0 Å². The molecule has 0 aromatic heterocycles. The van der Waals surface area contributed by atoms with Gasteiger partial charge in [-0.2, -0.15) is 0 Å². The first kappa shape index (κ1) is 8.51. The molecule has 0 aromatic rings. The van der Waals surface area contributed by atoms with Crippen LogP contribution in [-0.2, 0) is 4.79 Å². The molecule has 62 valence electrons. The van der Waals surface area contributed by atoms with E-state index >= 15 is 0 Å². The summed E-state index contributed by atoms with van der Waals surface area (Å²) in [5, 5.41) is 0. The van der Waals surface area contributed by atoms with Gasteiger partial charge in [0.15, 0.2) is 5.78 Å². The van der Waals surface area contributed by atoms with Gasteiger partial charge in [-0.25, -0.2) is 0 Å². The third-order valence-corrected chi connectivity index (χ3v) is 2.67. The van der Waals surface area contributed by atoms with Crippen LogP contribution in [0.15, 0.2) is 11.6 Å². The Balaban J connectivity index is 2.75. The predicted molar refractivity (Wildman–Crippen MR) is 46.3 cm³/mol. The molecule has 11 heavy (non-hydrogen) atoms. The zero-order chi connectivity index (χ0) is 8.43. The number of rotatable bonds is 1. The van der Waals surface area contributed by atoms with E-state index in [1.54, 1.807) is 0 Å². The number of Topliss-reactive ketones (excluding diaryl/α,β-unsaturated/α-hetero) is 1. The first-order valence-corrected chi connectivity index (χ1v) is 4.36. The Kier molecular flexibility index (Phi) is 2.48. The lowest BCUT2D eigenvalue weighted by Crippen LogP contribution is -2.20. The van der Waals surface area contributed by atoms with Crippen LogP contribution in [0, 0.1) is 11.8 Å². The molecule has 1 rings (SSSR count). The Morgan fingerprint density at radius 2 is 2.27 bits per heavy atom. The third kappa shape index (κ3) is 1.70. The second-order valence-electron chi connectivity index (χ2n) is 3.50. The van der Waals surface area contributed by atoms with E-state index in [-0.39, 0.29) is 0 Å². The molecule has 0 fully saturated rings. The lowest BCUT2D eigenvalue weighted by Gasteiger charge is -2.24. The minimum absolute atomic E-state index is 0.343. The van der Waals surface area contributed by atoms with Gasteiger partial charge in [-0.1, -0.05) is 26.3 Å². The Labute approximate surface area is 68.5 Å². The highest BCUT2D eigenvalue weighted by molar-refractivity contribution is 5.95. The highest BCUT2D eigenvalue weighted by Crippen LogP contribution is 2.28. The van der Waals surface area contributed by atoms with Gasteiger partial charge in [-0.05, 0) is 24.3 Å². The van der Waals surface area contributed by atoms with E-state index in [1.807, 2.05) is 6.92 Å². The van der Waals surface area contributed by atoms with Gasteiger partial charge in [-0.15, -0.1) is 0 Å². The normalized spacial score (nSPS) is 31.9. The number of hydrogen-bond acceptors (Lipinski definition) is 1. The minimum Gasteiger partial charge on any atom is -0.295 e. The van der Waals surface area contributed by atoms with Gasteiger partial charge in [0.05, 0.1) is 0 Å². The maximum atomic E-state index is 11.2. The minimum atomic E-state index is 0.343. The Bertz CT molecular complexity index is 191. The molecule has 0 aromatic carbocycles. The van der Waals surface area contributed by atoms with Crippen LogP contribution >= 0.6 is 0 Å². The Morgan fingerprint density at radius 1 is 1.64 bits per heavy atom. The van der Waals surface area contributed by atoms with Gasteiger partial charge < -0.3 is 0 Å². The average molecular weight is 152 g/mol. The fourth-order valence-electron chi connectivity index (χ4n) is 1.72. The van der Waals surface area contributed by atoms with Gasteiger partial charge in [0.25, 0.3) is 0 Å². The van der Waals surface area contributed by atoms with Gasteiger partial charge >= 0.3 is 0 Å². The molecule has 0 N–H and O–H groups in total. The van der Waals surface area contributed by atoms with Crippen LogP contribution < -0.4 is 0 Å². The molecule has 0 amide bonds. The first-order chi connectivity index (χ1) is 5.15. The van der Waals surface area contributed by atoms with E-state index < -0.39 is 0 Å². The molecule has 0 saturated carbocycles. The Morgan fingerprint density at radius 3 is 2.82 bits per heavy atom. The molecule has 2 atom stereocenters. The van der Waals surface area contributed by atoms with Crippen LogP contribution in [0.4, 0.5) is 0 Å². The Hall–Kier alpha value is -0.590. The lowest BCUT2D eigenvalue weighted by molar-refractivity contribution is -0.117. The SMILES string of the molecule is CCC1CC(=O)C(C)=CC1C. The monoisotopic (exact) mass is 152 g/mol. The summed E-state index contributed by atoms with van der Waals surface area (Å²) in [6.07, 6.45) is 4.00. The zero-order valence-electron chi connectivity index (χ0n) is 7.55. The summed E-state index contributed by atoms with van der Waals surface area (Å²) in [4.78, 5) is 11.2. The van der Waals surface area contributed by atoms with Gasteiger partial charge in [0.1, 0.15) is 0 Å². The molecular formula is C10H16O. The maximum absolute atomic E-state index is 11.2. The summed E-state index contributed by atoms with van der Waals surface area (Å²) in [5.41, 5.74) is 0.960. The van der Waals surface area contributed by atoms with Crippen LogP contribution in [0.2, 0.25) is 0 Å². The maximum Gasteiger partial charge on any atom is 0.158 e. The molecule has 0 spiro atoms. The summed E-state index contributed by atoms with van der Waals surface area (Å²) < 4.78 is 0. The van der Waals surface area contributed by atoms with Crippen molar-refractivity contribution < 1.29 is 4.79 Å². The molecule has 1 nitrogen and oxygen atoms in total. The number of hydrogen-bond donors (Lipinski definition) is 0. The largest absolute Gasteiger partial charge is 0.295 e. The van der Waals surface area contributed by atoms with E-state index in [0.717, 1.165) is 18.4 Å². The summed E-state index contributed by atoms with van der Waals surface area (Å²) in [5.74, 6) is 1.53. The quantitative estimate of drug-likeness (QED) is 0.564. The molecule has 0 radical (unpaired) electrons. The highest BCUT2D eigenvalue weighted by Gasteiger charge is 2.23. The topological polar surface area (TPSA) is 17.1 Å². The average Bonchev–Trinajstić information content (AvgIpc) is 1.97. The number of allylic oxidation sites excluding steroid dienone is 2. The molecule has 0 bridgehead atoms. The third-order valence-electron chi connectivity index (χ3n) is 2.67. The molecule has 0 heterocycles. The van der Waals surface area contributed by atoms with Crippen molar-refractivity contribution in [3.8, 4) is 0 Å². The van der Waals surface area contributed by atoms with Crippen molar-refractivity contribution in [2.75, 3.05) is 0 Å². The smallest absolute Gasteiger partial charge is 0.158 e. The van der Waals surface area contributed by atoms with E-state index in [4.69, 9.17) is 0 Å². The number of carbonyl (C=O) groups is 1. The van der Waals surface area contributed by atoms with Gasteiger partial charge in [-0.3, -0.25) is 4.79 Å². The van der Waals surface area contributed by atoms with Crippen LogP contribution in [0.5, 0.6) is 0 Å². The van der Waals surface area contributed by atoms with E-state index in [0.29, 0.717) is 17.6 Å². The summed E-state index contributed by atoms with van der Waals surface area (Å²) in [6, 6.07) is 0. The molecule has 0 saturated heterocycles. The van der Waals surface area contributed by atoms with Crippen molar-refractivity contribution in [1.82, 2.24) is 0 Å². The van der Waals surface area contributed by atoms with E-state index in [1.165, 1.54) is 0 Å². The van der Waals surface area contributed by atoms with Crippen LogP contribution in [0.3, 0.4) is 0 Å². The van der Waals surface area contributed by atoms with Crippen molar-refractivity contribution in [3.05, 3.63) is 11.6 Å². The van der Waals surface area contributed by atoms with Crippen molar-refractivity contribution in [2.45, 2.75) is 33.6 Å². The van der Waals surface area contributed by atoms with Crippen LogP contribution in [0.25, 0.3) is 0 Å². The summed E-state index contributed by atoms with van der Waals surface area (Å²) in [6.45, 7) is 6.28. The van der Waals surface area contributed by atoms with Crippen LogP contribution in [0.1, 0.15) is 33.6 Å². The molecule has 1 aliphatic rings. The summed E-state index contributed by atoms with van der Waals surface area (Å²) in [7, 11) is 0. The summed E-state index contributed by atoms with van der Waals surface area (Å²) >= 11 is 0. The standard InChI is InChI=1S/C10H16O/c1-4-9-6-10(11)8(3)5-7(9)2/h5,7,9H,4,6H2,1-3H3. The second-order valence-corrected chi connectivity index (χ2v) is 3.50. The van der Waals surface area contributed by atoms with Crippen LogP contribution in [-0.4, -0.2) is 5.78 Å². The molecule has 0 aliphatic heterocycles. The highest BCUT2D eigenvalue weighted by atomic mass is 16.1. The fourth-order valence-corrected chi connectivity index (χ4v) is 1.72. The van der Waals surface area contributed by atoms with Crippen molar-refractivity contribution >= 4 is 5.78 Å². The second kappa shape index (κ2) is 3.21. The predicted octanol–water partition coefficient (Wildman–Crippen LogP) is 2.57. The molecular weight excluding hydrogens is 136 g/mol. The zero-order valence-corrected chi connectivity index (χ0v) is 7.55. The number of carbonyl (C=O) groups excluding carboxylic acids is 1. The van der Waals surface area contributed by atoms with Crippen molar-refractivity contribution in [2.24, 2.45) is 11.8 Å². The number of ketones is 1. The van der Waals surface area contributed by atoms with E-state index in [9.17, 15) is 4.79 Å².